The Bertz CT molecular complexity index is 4780. The number of ether oxygens (including phenoxy) is 6. The number of aromatic nitrogens is 4. The van der Waals surface area contributed by atoms with Crippen molar-refractivity contribution in [1.29, 1.82) is 0 Å². The lowest BCUT2D eigenvalue weighted by Crippen LogP contribution is -2.48. The van der Waals surface area contributed by atoms with Crippen molar-refractivity contribution in [1.82, 2.24) is 45.3 Å². The number of hydrogen-bond donors (Lipinski definition) is 5. The van der Waals surface area contributed by atoms with E-state index < -0.39 is 53.4 Å². The van der Waals surface area contributed by atoms with Crippen LogP contribution in [0.4, 0.5) is 14.4 Å². The summed E-state index contributed by atoms with van der Waals surface area (Å²) in [6, 6.07) is 38.0. The summed E-state index contributed by atoms with van der Waals surface area (Å²) in [6.07, 6.45) is 10.9. The topological polar surface area (TPSA) is 294 Å². The highest BCUT2D eigenvalue weighted by molar-refractivity contribution is 6.05. The van der Waals surface area contributed by atoms with Crippen LogP contribution in [-0.2, 0) is 42.8 Å². The predicted octanol–water partition coefficient (Wildman–Crippen LogP) is 15.1. The molecule has 2 aromatic heterocycles. The number of rotatable bonds is 17. The van der Waals surface area contributed by atoms with Crippen LogP contribution in [0.1, 0.15) is 161 Å². The average molecular weight is 1460 g/mol. The SMILES string of the molecule is CC(C)(C)OC(=O)N1CCC[C@H]1c1nc2ccc(-c3ccc4cc(C5=CN=C([C@@H]6CCCN6)C5)ccc4c3)cc2[nH]1.COC(=O)C[C@H](C(=O)N1CCC[C@H]1C1=NC=C(c2ccc3cc(-c4ccc5nc([C@@H]6CCCN6C(=O)OC(C)(C)C)[nH]c5c4)ccc3c2)C1)[C@@H](C)OC.COC(=O)N[C@H](C(=O)O)[C@@H](C)OC. The Hall–Kier alpha value is -10.3. The first-order valence-electron chi connectivity index (χ1n) is 37.1. The number of H-pyrrole nitrogens is 2. The lowest BCUT2D eigenvalue weighted by molar-refractivity contribution is -0.150. The van der Waals surface area contributed by atoms with Gasteiger partial charge in [0.05, 0.1) is 79.0 Å². The van der Waals surface area contributed by atoms with Crippen LogP contribution in [0.15, 0.2) is 132 Å². The van der Waals surface area contributed by atoms with Crippen LogP contribution in [0.5, 0.6) is 0 Å². The molecule has 8 aromatic rings. The van der Waals surface area contributed by atoms with Gasteiger partial charge in [0.25, 0.3) is 0 Å². The van der Waals surface area contributed by atoms with Crippen molar-refractivity contribution in [3.05, 3.63) is 144 Å². The van der Waals surface area contributed by atoms with Crippen LogP contribution in [0.25, 0.3) is 77.0 Å². The highest BCUT2D eigenvalue weighted by Crippen LogP contribution is 2.39. The smallest absolute Gasteiger partial charge is 0.410 e. The van der Waals surface area contributed by atoms with Gasteiger partial charge in [-0.25, -0.2) is 29.1 Å². The number of nitrogens with zero attached hydrogens (tertiary/aromatic N) is 7. The van der Waals surface area contributed by atoms with Gasteiger partial charge in [0.2, 0.25) is 5.91 Å². The fraction of sp³-hybridized carbons (Fsp3) is 0.446. The lowest BCUT2D eigenvalue weighted by Gasteiger charge is -2.31. The van der Waals surface area contributed by atoms with E-state index in [0.29, 0.717) is 32.1 Å². The maximum atomic E-state index is 13.7. The number of carboxylic acid groups (broad SMARTS) is 1. The van der Waals surface area contributed by atoms with E-state index in [4.69, 9.17) is 48.7 Å². The molecular weight excluding hydrogens is 1360 g/mol. The Kier molecular flexibility index (Phi) is 23.4. The molecule has 0 aliphatic carbocycles. The number of aliphatic carboxylic acids is 1. The largest absolute Gasteiger partial charge is 0.480 e. The van der Waals surface area contributed by atoms with Crippen molar-refractivity contribution in [2.75, 3.05) is 54.6 Å². The number of hydrogen-bond acceptors (Lipinski definition) is 17. The number of nitrogens with one attached hydrogen (secondary N) is 4. The van der Waals surface area contributed by atoms with Gasteiger partial charge in [0.15, 0.2) is 6.04 Å². The molecule has 0 radical (unpaired) electrons. The summed E-state index contributed by atoms with van der Waals surface area (Å²) < 4.78 is 30.7. The van der Waals surface area contributed by atoms with Gasteiger partial charge in [-0.15, -0.1) is 0 Å². The first-order chi connectivity index (χ1) is 51.2. The van der Waals surface area contributed by atoms with Crippen molar-refractivity contribution in [2.45, 2.75) is 180 Å². The second-order valence-corrected chi connectivity index (χ2v) is 30.4. The minimum absolute atomic E-state index is 0.0162. The molecule has 0 unspecified atom stereocenters. The number of allylic oxidation sites excluding steroid dienone is 2. The van der Waals surface area contributed by atoms with Crippen molar-refractivity contribution < 1.29 is 62.3 Å². The first-order valence-corrected chi connectivity index (χ1v) is 37.1. The third-order valence-corrected chi connectivity index (χ3v) is 20.8. The molecule has 564 valence electrons. The molecule has 8 heterocycles. The number of carbonyl (C=O) groups excluding carboxylic acids is 5. The Morgan fingerprint density at radius 3 is 1.42 bits per heavy atom. The third kappa shape index (κ3) is 17.9. The number of amides is 4. The summed E-state index contributed by atoms with van der Waals surface area (Å²) in [6.45, 7) is 17.8. The molecule has 0 spiro atoms. The van der Waals surface area contributed by atoms with Gasteiger partial charge in [-0.05, 0) is 228 Å². The Balaban J connectivity index is 0.000000175. The molecule has 4 saturated heterocycles. The quantitative estimate of drug-likeness (QED) is 0.0418. The molecule has 4 amide bonds. The normalized spacial score (nSPS) is 19.8. The van der Waals surface area contributed by atoms with E-state index in [2.05, 4.69) is 135 Å². The number of carboxylic acids is 1. The minimum atomic E-state index is -1.17. The number of aromatic amines is 2. The van der Waals surface area contributed by atoms with Crippen LogP contribution >= 0.6 is 0 Å². The van der Waals surface area contributed by atoms with Crippen molar-refractivity contribution in [2.24, 2.45) is 15.9 Å². The Morgan fingerprint density at radius 1 is 0.533 bits per heavy atom. The number of esters is 1. The highest BCUT2D eigenvalue weighted by Gasteiger charge is 2.41. The molecule has 6 aliphatic heterocycles. The summed E-state index contributed by atoms with van der Waals surface area (Å²) in [4.78, 5) is 105. The molecule has 107 heavy (non-hydrogen) atoms. The number of fused-ring (bicyclic) bond motifs is 4. The Morgan fingerprint density at radius 2 is 0.972 bits per heavy atom. The minimum Gasteiger partial charge on any atom is -0.480 e. The molecular formula is C83H99N11O13. The Labute approximate surface area is 623 Å². The van der Waals surface area contributed by atoms with E-state index in [1.807, 2.05) is 70.5 Å². The van der Waals surface area contributed by atoms with E-state index in [1.165, 1.54) is 61.6 Å². The van der Waals surface area contributed by atoms with Gasteiger partial charge in [0, 0.05) is 76.6 Å². The molecule has 0 saturated carbocycles. The number of methoxy groups -OCH3 is 4. The average Bonchev–Trinajstić information content (AvgIpc) is 1.71. The van der Waals surface area contributed by atoms with Crippen LogP contribution < -0.4 is 10.6 Å². The first kappa shape index (κ1) is 76.4. The maximum absolute atomic E-state index is 13.7. The number of alkyl carbamates (subject to hydrolysis) is 1. The van der Waals surface area contributed by atoms with Gasteiger partial charge < -0.3 is 59.0 Å². The molecule has 4 fully saturated rings. The summed E-state index contributed by atoms with van der Waals surface area (Å²) in [7, 11) is 5.41. The second kappa shape index (κ2) is 32.8. The molecule has 6 aromatic carbocycles. The standard InChI is InChI=1S/C42H49N5O6.C34H37N5O2.C7H13NO5/c1-25(51-5)32(23-38(48)52-6)40(49)46-17-7-9-36(46)35-22-31(24-43-35)29-14-13-26-19-28(12-11-27(26)20-29)30-15-16-33-34(21-30)45-39(44-33)37-10-8-18-47(37)41(50)53-42(2,3)4;1-34(2,3)41-33(40)39-15-5-7-31(39)32-37-28-13-12-25(18-30(28)38-32)23-9-8-22-17-24(11-10-21(22)16-23)26-19-29(36-20-26)27-6-4-14-35-27;1-4(12-2)5(6(9)10)8-7(11)13-3/h11-16,19-21,24-25,32,36-37H,7-10,17-18,22-23H2,1-6H3,(H,44,45);8-13,16-18,20,27,31,35H,4-7,14-15,19H2,1-3H3,(H,37,38);4-5H,1-3H3,(H,8,11)(H,9,10)/t25-,32+,36+,37+;27-,31-;4-,5+/m101/s1. The van der Waals surface area contributed by atoms with Crippen molar-refractivity contribution in [3.63, 3.8) is 0 Å². The number of carbonyl (C=O) groups is 6. The zero-order valence-corrected chi connectivity index (χ0v) is 63.2. The van der Waals surface area contributed by atoms with E-state index in [0.717, 1.165) is 142 Å². The number of benzene rings is 6. The number of aliphatic imine (C=N–C) groups is 2. The zero-order chi connectivity index (χ0) is 76.0. The van der Waals surface area contributed by atoms with Crippen LogP contribution in [0, 0.1) is 5.92 Å². The molecule has 24 nitrogen and oxygen atoms in total. The highest BCUT2D eigenvalue weighted by atomic mass is 16.6. The van der Waals surface area contributed by atoms with Crippen LogP contribution in [0.2, 0.25) is 0 Å². The van der Waals surface area contributed by atoms with Crippen molar-refractivity contribution >= 4 is 102 Å². The van der Waals surface area contributed by atoms with Gasteiger partial charge in [-0.2, -0.15) is 0 Å². The fourth-order valence-corrected chi connectivity index (χ4v) is 15.0. The molecule has 0 bridgehead atoms. The van der Waals surface area contributed by atoms with E-state index >= 15 is 0 Å². The van der Waals surface area contributed by atoms with Crippen molar-refractivity contribution in [3.8, 4) is 22.3 Å². The maximum Gasteiger partial charge on any atom is 0.410 e. The van der Waals surface area contributed by atoms with E-state index in [1.54, 1.807) is 12.0 Å². The lowest BCUT2D eigenvalue weighted by atomic mass is 9.94. The van der Waals surface area contributed by atoms with Gasteiger partial charge in [0.1, 0.15) is 22.9 Å². The number of imidazole rings is 2. The number of likely N-dealkylation sites (tertiary alicyclic amines) is 3. The molecule has 6 aliphatic rings. The molecule has 14 rings (SSSR count). The van der Waals surface area contributed by atoms with Crippen LogP contribution in [0.3, 0.4) is 0 Å². The van der Waals surface area contributed by atoms with Gasteiger partial charge >= 0.3 is 30.2 Å². The molecule has 8 atom stereocenters. The fourth-order valence-electron chi connectivity index (χ4n) is 15.0. The summed E-state index contributed by atoms with van der Waals surface area (Å²) in [5.74, 6) is -0.676. The van der Waals surface area contributed by atoms with Gasteiger partial charge in [-0.3, -0.25) is 29.4 Å². The predicted molar refractivity (Wildman–Crippen MR) is 414 cm³/mol. The summed E-state index contributed by atoms with van der Waals surface area (Å²) in [5, 5.41) is 19.1. The second-order valence-electron chi connectivity index (χ2n) is 30.4. The molecule has 24 heteroatoms. The van der Waals surface area contributed by atoms with Gasteiger partial charge in [-0.1, -0.05) is 60.7 Å². The molecule has 5 N–H and O–H groups in total. The van der Waals surface area contributed by atoms with E-state index in [9.17, 15) is 28.8 Å². The third-order valence-electron chi connectivity index (χ3n) is 20.8. The monoisotopic (exact) mass is 1460 g/mol. The zero-order valence-electron chi connectivity index (χ0n) is 63.2. The summed E-state index contributed by atoms with van der Waals surface area (Å²) >= 11 is 0. The van der Waals surface area contributed by atoms with E-state index in [-0.39, 0.29) is 42.6 Å². The van der Waals surface area contributed by atoms with Crippen LogP contribution in [-0.4, -0.2) is 183 Å². The summed E-state index contributed by atoms with van der Waals surface area (Å²) in [5.41, 5.74) is 14.1.